The van der Waals surface area contributed by atoms with E-state index in [-0.39, 0.29) is 0 Å². The topological polar surface area (TPSA) is 3.24 Å². The maximum atomic E-state index is 2.28. The van der Waals surface area contributed by atoms with Gasteiger partial charge < -0.3 is 4.90 Å². The minimum absolute atomic E-state index is 0.625. The molecule has 1 unspecified atom stereocenters. The van der Waals surface area contributed by atoms with Crippen molar-refractivity contribution in [1.82, 2.24) is 4.90 Å². The quantitative estimate of drug-likeness (QED) is 0.586. The Bertz CT molecular complexity index is 248. The fourth-order valence-electron chi connectivity index (χ4n) is 1.70. The van der Waals surface area contributed by atoms with E-state index in [2.05, 4.69) is 43.3 Å². The maximum Gasteiger partial charge on any atom is 0.0382 e. The summed E-state index contributed by atoms with van der Waals surface area (Å²) in [5.41, 5.74) is 2.91. The van der Waals surface area contributed by atoms with E-state index in [9.17, 15) is 0 Å². The Labute approximate surface area is 67.6 Å². The predicted molar refractivity (Wildman–Crippen MR) is 46.6 cm³/mol. The zero-order valence-corrected chi connectivity index (χ0v) is 7.04. The first-order chi connectivity index (χ1) is 5.27. The molecule has 2 aliphatic rings. The van der Waals surface area contributed by atoms with Crippen molar-refractivity contribution in [2.75, 3.05) is 14.1 Å². The van der Waals surface area contributed by atoms with Crippen LogP contribution in [0, 0.1) is 0 Å². The van der Waals surface area contributed by atoms with E-state index >= 15 is 0 Å². The van der Waals surface area contributed by atoms with Crippen molar-refractivity contribution in [3.63, 3.8) is 0 Å². The first-order valence-corrected chi connectivity index (χ1v) is 4.02. The van der Waals surface area contributed by atoms with Crippen molar-refractivity contribution < 1.29 is 0 Å². The van der Waals surface area contributed by atoms with Crippen molar-refractivity contribution >= 4 is 0 Å². The second kappa shape index (κ2) is 2.35. The zero-order chi connectivity index (χ0) is 7.84. The third-order valence-electron chi connectivity index (χ3n) is 2.42. The second-order valence-corrected chi connectivity index (χ2v) is 3.43. The van der Waals surface area contributed by atoms with Crippen LogP contribution in [0.1, 0.15) is 17.2 Å². The van der Waals surface area contributed by atoms with Crippen molar-refractivity contribution in [2.24, 2.45) is 0 Å². The SMILES string of the molecule is CN(C)C1Cc2ccc1cc2. The molecule has 1 aromatic rings. The Hall–Kier alpha value is -0.820. The molecule has 1 aromatic carbocycles. The fraction of sp³-hybridized carbons (Fsp3) is 0.400. The Morgan fingerprint density at radius 3 is 2.09 bits per heavy atom. The molecule has 1 heteroatoms. The van der Waals surface area contributed by atoms with Crippen LogP contribution in [0.5, 0.6) is 0 Å². The molecule has 0 spiro atoms. The summed E-state index contributed by atoms with van der Waals surface area (Å²) in [6, 6.07) is 9.51. The highest BCUT2D eigenvalue weighted by Gasteiger charge is 2.18. The first kappa shape index (κ1) is 6.86. The van der Waals surface area contributed by atoms with Gasteiger partial charge in [-0.1, -0.05) is 24.3 Å². The number of fused-ring (bicyclic) bond motifs is 3. The zero-order valence-electron chi connectivity index (χ0n) is 7.04. The van der Waals surface area contributed by atoms with Gasteiger partial charge in [0.2, 0.25) is 0 Å². The molecule has 2 bridgehead atoms. The van der Waals surface area contributed by atoms with Crippen LogP contribution >= 0.6 is 0 Å². The molecule has 0 N–H and O–H groups in total. The molecular weight excluding hydrogens is 134 g/mol. The smallest absolute Gasteiger partial charge is 0.0382 e. The van der Waals surface area contributed by atoms with E-state index in [0.29, 0.717) is 6.04 Å². The normalized spacial score (nSPS) is 21.2. The largest absolute Gasteiger partial charge is 0.302 e. The molecule has 1 nitrogen and oxygen atoms in total. The third kappa shape index (κ3) is 1.05. The summed E-state index contributed by atoms with van der Waals surface area (Å²) in [5, 5.41) is 0. The number of likely N-dealkylation sites (N-methyl/N-ethyl adjacent to an activating group) is 1. The van der Waals surface area contributed by atoms with Gasteiger partial charge in [0.25, 0.3) is 0 Å². The van der Waals surface area contributed by atoms with Gasteiger partial charge in [0.1, 0.15) is 0 Å². The van der Waals surface area contributed by atoms with Crippen molar-refractivity contribution in [3.8, 4) is 0 Å². The molecule has 0 fully saturated rings. The van der Waals surface area contributed by atoms with E-state index < -0.39 is 0 Å². The Morgan fingerprint density at radius 1 is 1.18 bits per heavy atom. The van der Waals surface area contributed by atoms with Crippen LogP contribution in [0.3, 0.4) is 0 Å². The van der Waals surface area contributed by atoms with E-state index in [0.717, 1.165) is 0 Å². The average Bonchev–Trinajstić information content (AvgIpc) is 2.06. The Balaban J connectivity index is 2.36. The van der Waals surface area contributed by atoms with E-state index in [4.69, 9.17) is 0 Å². The lowest BCUT2D eigenvalue weighted by Gasteiger charge is -2.28. The molecular formula is C10H13N. The molecule has 11 heavy (non-hydrogen) atoms. The highest BCUT2D eigenvalue weighted by Crippen LogP contribution is 2.28. The molecule has 0 aliphatic heterocycles. The maximum absolute atomic E-state index is 2.28. The van der Waals surface area contributed by atoms with Crippen molar-refractivity contribution in [1.29, 1.82) is 0 Å². The van der Waals surface area contributed by atoms with Crippen LogP contribution in [-0.2, 0) is 6.42 Å². The fourth-order valence-corrected chi connectivity index (χ4v) is 1.70. The Kier molecular flexibility index (Phi) is 1.46. The van der Waals surface area contributed by atoms with Crippen molar-refractivity contribution in [3.05, 3.63) is 35.4 Å². The van der Waals surface area contributed by atoms with Gasteiger partial charge in [0, 0.05) is 6.04 Å². The molecule has 3 rings (SSSR count). The van der Waals surface area contributed by atoms with Crippen LogP contribution in [0.4, 0.5) is 0 Å². The number of hydrogen-bond acceptors (Lipinski definition) is 1. The minimum atomic E-state index is 0.625. The summed E-state index contributed by atoms with van der Waals surface area (Å²) < 4.78 is 0. The molecule has 1 atom stereocenters. The summed E-state index contributed by atoms with van der Waals surface area (Å²) in [4.78, 5) is 2.28. The van der Waals surface area contributed by atoms with Crippen molar-refractivity contribution in [2.45, 2.75) is 12.5 Å². The molecule has 2 aliphatic carbocycles. The number of nitrogens with zero attached hydrogens (tertiary/aromatic N) is 1. The first-order valence-electron chi connectivity index (χ1n) is 4.02. The van der Waals surface area contributed by atoms with Gasteiger partial charge in [0.05, 0.1) is 0 Å². The lowest BCUT2D eigenvalue weighted by atomic mass is 9.91. The summed E-state index contributed by atoms with van der Waals surface area (Å²) >= 11 is 0. The lowest BCUT2D eigenvalue weighted by Crippen LogP contribution is -2.24. The van der Waals surface area contributed by atoms with Crippen LogP contribution in [0.25, 0.3) is 0 Å². The highest BCUT2D eigenvalue weighted by atomic mass is 15.1. The van der Waals surface area contributed by atoms with Crippen LogP contribution in [0.15, 0.2) is 24.3 Å². The van der Waals surface area contributed by atoms with E-state index in [1.807, 2.05) is 0 Å². The monoisotopic (exact) mass is 147 g/mol. The number of rotatable bonds is 1. The molecule has 0 saturated carbocycles. The molecule has 0 radical (unpaired) electrons. The van der Waals surface area contributed by atoms with Crippen LogP contribution in [0.2, 0.25) is 0 Å². The third-order valence-corrected chi connectivity index (χ3v) is 2.42. The molecule has 58 valence electrons. The minimum Gasteiger partial charge on any atom is -0.302 e. The van der Waals surface area contributed by atoms with Crippen LogP contribution < -0.4 is 0 Å². The summed E-state index contributed by atoms with van der Waals surface area (Å²) in [7, 11) is 4.28. The van der Waals surface area contributed by atoms with Gasteiger partial charge in [-0.15, -0.1) is 0 Å². The molecule has 0 saturated heterocycles. The summed E-state index contributed by atoms with van der Waals surface area (Å²) in [6.45, 7) is 0. The standard InChI is InChI=1S/C10H13N/c1-11(2)10-7-8-3-5-9(10)6-4-8/h3-6,10H,7H2,1-2H3. The van der Waals surface area contributed by atoms with E-state index in [1.165, 1.54) is 17.5 Å². The molecule has 0 heterocycles. The molecule has 0 aromatic heterocycles. The summed E-state index contributed by atoms with van der Waals surface area (Å²) in [6.07, 6.45) is 1.19. The highest BCUT2D eigenvalue weighted by molar-refractivity contribution is 5.32. The van der Waals surface area contributed by atoms with Gasteiger partial charge in [-0.3, -0.25) is 0 Å². The molecule has 0 amide bonds. The lowest BCUT2D eigenvalue weighted by molar-refractivity contribution is 0.293. The van der Waals surface area contributed by atoms with E-state index in [1.54, 1.807) is 0 Å². The average molecular weight is 147 g/mol. The van der Waals surface area contributed by atoms with Gasteiger partial charge in [-0.05, 0) is 31.6 Å². The summed E-state index contributed by atoms with van der Waals surface area (Å²) in [5.74, 6) is 0. The van der Waals surface area contributed by atoms with Gasteiger partial charge in [-0.2, -0.15) is 0 Å². The van der Waals surface area contributed by atoms with Gasteiger partial charge >= 0.3 is 0 Å². The number of hydrogen-bond donors (Lipinski definition) is 0. The Morgan fingerprint density at radius 2 is 1.82 bits per heavy atom. The van der Waals surface area contributed by atoms with Crippen LogP contribution in [-0.4, -0.2) is 19.0 Å². The van der Waals surface area contributed by atoms with Gasteiger partial charge in [0.15, 0.2) is 0 Å². The van der Waals surface area contributed by atoms with Gasteiger partial charge in [-0.25, -0.2) is 0 Å². The second-order valence-electron chi connectivity index (χ2n) is 3.43. The predicted octanol–water partition coefficient (Wildman–Crippen LogP) is 1.85. The number of benzene rings is 1.